The Morgan fingerprint density at radius 2 is 1.97 bits per heavy atom. The molecule has 4 saturated carbocycles. The van der Waals surface area contributed by atoms with Crippen molar-refractivity contribution in [3.05, 3.63) is 35.9 Å². The van der Waals surface area contributed by atoms with Crippen LogP contribution in [0.4, 0.5) is 0 Å². The third kappa shape index (κ3) is 2.92. The molecule has 2 N–H and O–H groups in total. The summed E-state index contributed by atoms with van der Waals surface area (Å²) in [4.78, 5) is 16.0. The van der Waals surface area contributed by atoms with Gasteiger partial charge in [0.05, 0.1) is 0 Å². The van der Waals surface area contributed by atoms with Crippen LogP contribution in [-0.2, 0) is 10.2 Å². The van der Waals surface area contributed by atoms with Crippen molar-refractivity contribution in [3.63, 3.8) is 0 Å². The van der Waals surface area contributed by atoms with Crippen molar-refractivity contribution >= 4 is 17.7 Å². The Morgan fingerprint density at radius 3 is 2.66 bits per heavy atom. The Bertz CT molecular complexity index is 795. The number of carbonyl (C=O) groups excluding carboxylic acids is 1. The number of thioether (sulfide) groups is 1. The lowest BCUT2D eigenvalue weighted by atomic mass is 9.62. The summed E-state index contributed by atoms with van der Waals surface area (Å²) in [5, 5.41) is 0. The molecule has 1 heterocycles. The molecule has 0 aromatic heterocycles. The summed E-state index contributed by atoms with van der Waals surface area (Å²) in [7, 11) is 0. The third-order valence-corrected chi connectivity index (χ3v) is 9.94. The molecule has 4 bridgehead atoms. The van der Waals surface area contributed by atoms with Crippen LogP contribution in [0.15, 0.2) is 30.3 Å². The maximum Gasteiger partial charge on any atom is 0.226 e. The van der Waals surface area contributed by atoms with Gasteiger partial charge in [0, 0.05) is 25.0 Å². The number of nitrogens with zero attached hydrogens (tertiary/aromatic N) is 1. The highest BCUT2D eigenvalue weighted by Gasteiger charge is 2.69. The van der Waals surface area contributed by atoms with E-state index in [4.69, 9.17) is 5.73 Å². The topological polar surface area (TPSA) is 46.3 Å². The highest BCUT2D eigenvalue weighted by molar-refractivity contribution is 7.98. The molecule has 5 fully saturated rings. The first-order valence-corrected chi connectivity index (χ1v) is 12.8. The Balaban J connectivity index is 1.44. The number of piperidine rings is 1. The molecule has 4 unspecified atom stereocenters. The summed E-state index contributed by atoms with van der Waals surface area (Å²) >= 11 is 1.99. The van der Waals surface area contributed by atoms with Crippen LogP contribution in [0, 0.1) is 28.6 Å². The molecule has 5 aliphatic rings. The van der Waals surface area contributed by atoms with Crippen LogP contribution in [0.1, 0.15) is 51.5 Å². The number of hydrogen-bond acceptors (Lipinski definition) is 3. The van der Waals surface area contributed by atoms with Gasteiger partial charge in [-0.15, -0.1) is 0 Å². The number of likely N-dealkylation sites (tertiary alicyclic amines) is 1. The van der Waals surface area contributed by atoms with Gasteiger partial charge in [0.1, 0.15) is 0 Å². The first-order valence-electron chi connectivity index (χ1n) is 11.4. The van der Waals surface area contributed by atoms with Gasteiger partial charge in [-0.05, 0) is 77.8 Å². The second-order valence-corrected chi connectivity index (χ2v) is 12.1. The quantitative estimate of drug-likeness (QED) is 0.802. The maximum absolute atomic E-state index is 13.8. The van der Waals surface area contributed by atoms with E-state index in [1.807, 2.05) is 11.8 Å². The molecule has 158 valence electrons. The van der Waals surface area contributed by atoms with Gasteiger partial charge in [-0.1, -0.05) is 44.2 Å². The first kappa shape index (κ1) is 19.9. The highest BCUT2D eigenvalue weighted by atomic mass is 32.2. The van der Waals surface area contributed by atoms with Crippen LogP contribution in [0.3, 0.4) is 0 Å². The van der Waals surface area contributed by atoms with Crippen LogP contribution < -0.4 is 5.73 Å². The lowest BCUT2D eigenvalue weighted by Gasteiger charge is -2.46. The summed E-state index contributed by atoms with van der Waals surface area (Å²) in [6.07, 6.45) is 8.14. The molecule has 1 saturated heterocycles. The van der Waals surface area contributed by atoms with E-state index in [1.54, 1.807) is 0 Å². The van der Waals surface area contributed by atoms with E-state index in [0.29, 0.717) is 28.6 Å². The van der Waals surface area contributed by atoms with Crippen LogP contribution in [0.25, 0.3) is 0 Å². The van der Waals surface area contributed by atoms with Gasteiger partial charge in [0.25, 0.3) is 0 Å². The zero-order chi connectivity index (χ0) is 20.4. The van der Waals surface area contributed by atoms with Crippen LogP contribution in [0.5, 0.6) is 0 Å². The van der Waals surface area contributed by atoms with Gasteiger partial charge in [-0.25, -0.2) is 0 Å². The van der Waals surface area contributed by atoms with E-state index in [2.05, 4.69) is 55.3 Å². The lowest BCUT2D eigenvalue weighted by molar-refractivity contribution is -0.143. The molecule has 29 heavy (non-hydrogen) atoms. The molecule has 0 radical (unpaired) electrons. The molecule has 6 rings (SSSR count). The fourth-order valence-electron chi connectivity index (χ4n) is 7.86. The van der Waals surface area contributed by atoms with Gasteiger partial charge in [-0.3, -0.25) is 4.79 Å². The second-order valence-electron chi connectivity index (χ2n) is 11.3. The van der Waals surface area contributed by atoms with E-state index in [-0.39, 0.29) is 17.4 Å². The zero-order valence-electron chi connectivity index (χ0n) is 18.2. The van der Waals surface area contributed by atoms with Crippen LogP contribution in [0.2, 0.25) is 0 Å². The molecule has 1 amide bonds. The van der Waals surface area contributed by atoms with Crippen molar-refractivity contribution in [1.82, 2.24) is 4.90 Å². The fourth-order valence-corrected chi connectivity index (χ4v) is 8.87. The highest BCUT2D eigenvalue weighted by Crippen LogP contribution is 2.73. The van der Waals surface area contributed by atoms with Crippen molar-refractivity contribution in [1.29, 1.82) is 0 Å². The van der Waals surface area contributed by atoms with Gasteiger partial charge < -0.3 is 10.6 Å². The standard InChI is InChI=1S/C25H36N2OS/c1-23(2)15-27(10-9-20(23)26)22(28)21-17-11-24(18-7-5-4-6-8-18)13-19(21)25(12-17,14-24)16-29-3/h4-8,17,19-21H,9-16,26H2,1-3H3/t17?,19?,20-,21+,24?,25?/m0/s1. The number of nitrogens with two attached hydrogens (primary N) is 1. The number of hydrogen-bond donors (Lipinski definition) is 1. The number of amides is 1. The van der Waals surface area contributed by atoms with E-state index >= 15 is 0 Å². The summed E-state index contributed by atoms with van der Waals surface area (Å²) in [5.41, 5.74) is 8.56. The van der Waals surface area contributed by atoms with Crippen LogP contribution in [-0.4, -0.2) is 41.9 Å². The average Bonchev–Trinajstić information content (AvgIpc) is 3.05. The van der Waals surface area contributed by atoms with Crippen molar-refractivity contribution in [2.45, 2.75) is 57.4 Å². The molecule has 1 aromatic rings. The van der Waals surface area contributed by atoms with Crippen molar-refractivity contribution in [3.8, 4) is 0 Å². The van der Waals surface area contributed by atoms with Gasteiger partial charge >= 0.3 is 0 Å². The maximum atomic E-state index is 13.8. The molecule has 6 atom stereocenters. The van der Waals surface area contributed by atoms with Gasteiger partial charge in [0.15, 0.2) is 0 Å². The van der Waals surface area contributed by atoms with E-state index < -0.39 is 0 Å². The van der Waals surface area contributed by atoms with Crippen molar-refractivity contribution < 1.29 is 4.79 Å². The smallest absolute Gasteiger partial charge is 0.226 e. The van der Waals surface area contributed by atoms with Crippen LogP contribution >= 0.6 is 11.8 Å². The molecule has 1 aliphatic heterocycles. The molecule has 0 spiro atoms. The molecule has 1 aromatic carbocycles. The minimum atomic E-state index is 0.0198. The SMILES string of the molecule is CSCC12CC3CC(c4ccccc4)(CC1[C@@H]3C(=O)N1CC[C@H](N)C(C)(C)C1)C2. The molecule has 3 nitrogen and oxygen atoms in total. The minimum Gasteiger partial charge on any atom is -0.342 e. The predicted molar refractivity (Wildman–Crippen MR) is 121 cm³/mol. The largest absolute Gasteiger partial charge is 0.342 e. The Morgan fingerprint density at radius 1 is 1.21 bits per heavy atom. The number of rotatable bonds is 4. The summed E-state index contributed by atoms with van der Waals surface area (Å²) in [6, 6.07) is 11.4. The van der Waals surface area contributed by atoms with Gasteiger partial charge in [-0.2, -0.15) is 11.8 Å². The second kappa shape index (κ2) is 6.75. The zero-order valence-corrected chi connectivity index (χ0v) is 19.0. The first-order chi connectivity index (χ1) is 13.8. The van der Waals surface area contributed by atoms with Gasteiger partial charge in [0.2, 0.25) is 5.91 Å². The summed E-state index contributed by atoms with van der Waals surface area (Å²) in [6.45, 7) is 6.12. The Labute approximate surface area is 180 Å². The molecule has 4 aliphatic carbocycles. The third-order valence-electron chi connectivity index (χ3n) is 9.08. The van der Waals surface area contributed by atoms with E-state index in [1.165, 1.54) is 37.0 Å². The molecule has 4 heteroatoms. The fraction of sp³-hybridized carbons (Fsp3) is 0.720. The number of carbonyl (C=O) groups is 1. The number of benzene rings is 1. The summed E-state index contributed by atoms with van der Waals surface area (Å²) < 4.78 is 0. The normalized spacial score (nSPS) is 42.4. The molecular formula is C25H36N2OS. The van der Waals surface area contributed by atoms with E-state index in [9.17, 15) is 4.79 Å². The Hall–Kier alpha value is -1.00. The van der Waals surface area contributed by atoms with Crippen molar-refractivity contribution in [2.24, 2.45) is 34.3 Å². The van der Waals surface area contributed by atoms with E-state index in [0.717, 1.165) is 19.5 Å². The lowest BCUT2D eigenvalue weighted by Crippen LogP contribution is -2.56. The monoisotopic (exact) mass is 412 g/mol. The minimum absolute atomic E-state index is 0.0198. The average molecular weight is 413 g/mol. The van der Waals surface area contributed by atoms with Crippen molar-refractivity contribution in [2.75, 3.05) is 25.1 Å². The molecular weight excluding hydrogens is 376 g/mol. The Kier molecular flexibility index (Phi) is 4.64. The summed E-state index contributed by atoms with van der Waals surface area (Å²) in [5.74, 6) is 3.02. The predicted octanol–water partition coefficient (Wildman–Crippen LogP) is 4.31.